The van der Waals surface area contributed by atoms with Crippen molar-refractivity contribution in [1.82, 2.24) is 4.90 Å². The molecule has 1 fully saturated rings. The van der Waals surface area contributed by atoms with E-state index in [-0.39, 0.29) is 17.9 Å². The van der Waals surface area contributed by atoms with Crippen LogP contribution in [0.1, 0.15) is 30.1 Å². The van der Waals surface area contributed by atoms with E-state index in [4.69, 9.17) is 9.47 Å². The number of benzene rings is 2. The monoisotopic (exact) mass is 337 g/mol. The predicted octanol–water partition coefficient (Wildman–Crippen LogP) is 3.58. The van der Waals surface area contributed by atoms with E-state index in [0.717, 1.165) is 29.7 Å². The molecule has 4 nitrogen and oxygen atoms in total. The van der Waals surface area contributed by atoms with Crippen molar-refractivity contribution in [2.24, 2.45) is 5.92 Å². The molecule has 2 aromatic rings. The standard InChI is InChI=1S/C21H23NO3/c23-21(17-10-12-24-13-11-17)22-14-18-8-4-5-9-19(18)25-20(15-22)16-6-2-1-3-7-16/h1-9,17,20H,10-15H2. The van der Waals surface area contributed by atoms with Gasteiger partial charge in [-0.3, -0.25) is 4.79 Å². The number of para-hydroxylation sites is 1. The average molecular weight is 337 g/mol. The summed E-state index contributed by atoms with van der Waals surface area (Å²) in [6.45, 7) is 2.55. The Bertz CT molecular complexity index is 725. The molecule has 4 heteroatoms. The summed E-state index contributed by atoms with van der Waals surface area (Å²) in [5, 5.41) is 0. The van der Waals surface area contributed by atoms with Gasteiger partial charge in [-0.1, -0.05) is 48.5 Å². The Balaban J connectivity index is 1.63. The summed E-state index contributed by atoms with van der Waals surface area (Å²) in [6.07, 6.45) is 1.48. The van der Waals surface area contributed by atoms with Crippen LogP contribution in [0, 0.1) is 5.92 Å². The first-order valence-electron chi connectivity index (χ1n) is 8.97. The van der Waals surface area contributed by atoms with E-state index < -0.39 is 0 Å². The topological polar surface area (TPSA) is 38.8 Å². The van der Waals surface area contributed by atoms with Gasteiger partial charge in [0.2, 0.25) is 5.91 Å². The molecule has 1 atom stereocenters. The van der Waals surface area contributed by atoms with Crippen molar-refractivity contribution < 1.29 is 14.3 Å². The highest BCUT2D eigenvalue weighted by Gasteiger charge is 2.31. The number of hydrogen-bond donors (Lipinski definition) is 0. The molecule has 0 N–H and O–H groups in total. The van der Waals surface area contributed by atoms with Crippen LogP contribution >= 0.6 is 0 Å². The number of carbonyl (C=O) groups excluding carboxylic acids is 1. The fraction of sp³-hybridized carbons (Fsp3) is 0.381. The lowest BCUT2D eigenvalue weighted by Crippen LogP contribution is -2.40. The van der Waals surface area contributed by atoms with Gasteiger partial charge in [-0.05, 0) is 24.5 Å². The van der Waals surface area contributed by atoms with Crippen molar-refractivity contribution in [2.45, 2.75) is 25.5 Å². The van der Waals surface area contributed by atoms with E-state index in [1.165, 1.54) is 0 Å². The van der Waals surface area contributed by atoms with Crippen molar-refractivity contribution in [3.8, 4) is 5.75 Å². The normalized spacial score (nSPS) is 21.1. The number of fused-ring (bicyclic) bond motifs is 1. The third-order valence-electron chi connectivity index (χ3n) is 5.04. The van der Waals surface area contributed by atoms with Crippen LogP contribution in [0.5, 0.6) is 5.75 Å². The van der Waals surface area contributed by atoms with Crippen LogP contribution in [0.4, 0.5) is 0 Å². The summed E-state index contributed by atoms with van der Waals surface area (Å²) < 4.78 is 11.7. The van der Waals surface area contributed by atoms with Crippen LogP contribution in [0.25, 0.3) is 0 Å². The van der Waals surface area contributed by atoms with Crippen molar-refractivity contribution in [2.75, 3.05) is 19.8 Å². The second-order valence-electron chi connectivity index (χ2n) is 6.73. The van der Waals surface area contributed by atoms with Crippen molar-refractivity contribution >= 4 is 5.91 Å². The van der Waals surface area contributed by atoms with Crippen LogP contribution in [-0.4, -0.2) is 30.6 Å². The third kappa shape index (κ3) is 3.54. The second kappa shape index (κ2) is 7.28. The Morgan fingerprint density at radius 2 is 1.68 bits per heavy atom. The van der Waals surface area contributed by atoms with E-state index in [0.29, 0.717) is 26.3 Å². The van der Waals surface area contributed by atoms with E-state index in [1.807, 2.05) is 47.4 Å². The molecule has 1 amide bonds. The molecule has 0 radical (unpaired) electrons. The molecular formula is C21H23NO3. The largest absolute Gasteiger partial charge is 0.484 e. The van der Waals surface area contributed by atoms with Gasteiger partial charge in [0.25, 0.3) is 0 Å². The zero-order chi connectivity index (χ0) is 17.1. The summed E-state index contributed by atoms with van der Waals surface area (Å²) in [4.78, 5) is 15.1. The Morgan fingerprint density at radius 1 is 0.960 bits per heavy atom. The molecule has 0 spiro atoms. The lowest BCUT2D eigenvalue weighted by atomic mass is 9.98. The fourth-order valence-corrected chi connectivity index (χ4v) is 3.62. The van der Waals surface area contributed by atoms with Crippen molar-refractivity contribution in [3.05, 3.63) is 65.7 Å². The molecule has 1 saturated heterocycles. The average Bonchev–Trinajstić information content (AvgIpc) is 2.88. The van der Waals surface area contributed by atoms with Crippen LogP contribution in [0.3, 0.4) is 0 Å². The van der Waals surface area contributed by atoms with Crippen LogP contribution < -0.4 is 4.74 Å². The minimum atomic E-state index is -0.145. The molecule has 2 heterocycles. The van der Waals surface area contributed by atoms with Crippen LogP contribution in [-0.2, 0) is 16.1 Å². The number of carbonyl (C=O) groups is 1. The van der Waals surface area contributed by atoms with Gasteiger partial charge in [0.1, 0.15) is 11.9 Å². The number of nitrogens with zero attached hydrogens (tertiary/aromatic N) is 1. The number of hydrogen-bond acceptors (Lipinski definition) is 3. The highest BCUT2D eigenvalue weighted by Crippen LogP contribution is 2.32. The molecule has 0 aliphatic carbocycles. The van der Waals surface area contributed by atoms with Gasteiger partial charge in [0.05, 0.1) is 6.54 Å². The fourth-order valence-electron chi connectivity index (χ4n) is 3.62. The quantitative estimate of drug-likeness (QED) is 0.841. The summed E-state index contributed by atoms with van der Waals surface area (Å²) in [7, 11) is 0. The van der Waals surface area contributed by atoms with E-state index in [9.17, 15) is 4.79 Å². The van der Waals surface area contributed by atoms with E-state index >= 15 is 0 Å². The molecule has 1 unspecified atom stereocenters. The van der Waals surface area contributed by atoms with Crippen molar-refractivity contribution in [1.29, 1.82) is 0 Å². The summed E-state index contributed by atoms with van der Waals surface area (Å²) in [6, 6.07) is 18.2. The summed E-state index contributed by atoms with van der Waals surface area (Å²) in [5.41, 5.74) is 2.17. The Kier molecular flexibility index (Phi) is 4.70. The molecule has 2 aromatic carbocycles. The maximum Gasteiger partial charge on any atom is 0.226 e. The number of ether oxygens (including phenoxy) is 2. The first kappa shape index (κ1) is 16.2. The van der Waals surface area contributed by atoms with Crippen LogP contribution in [0.15, 0.2) is 54.6 Å². The first-order chi connectivity index (χ1) is 12.3. The van der Waals surface area contributed by atoms with Crippen molar-refractivity contribution in [3.63, 3.8) is 0 Å². The highest BCUT2D eigenvalue weighted by atomic mass is 16.5. The minimum absolute atomic E-state index is 0.0652. The number of amides is 1. The molecule has 130 valence electrons. The molecule has 0 aromatic heterocycles. The summed E-state index contributed by atoms with van der Waals surface area (Å²) in [5.74, 6) is 1.17. The molecule has 2 aliphatic rings. The van der Waals surface area contributed by atoms with Crippen LogP contribution in [0.2, 0.25) is 0 Å². The Labute approximate surface area is 148 Å². The highest BCUT2D eigenvalue weighted by molar-refractivity contribution is 5.79. The SMILES string of the molecule is O=C(C1CCOCC1)N1Cc2ccccc2OC(c2ccccc2)C1. The maximum absolute atomic E-state index is 13.1. The molecule has 2 aliphatic heterocycles. The van der Waals surface area contributed by atoms with Gasteiger partial charge in [0.15, 0.2) is 0 Å². The van der Waals surface area contributed by atoms with Gasteiger partial charge >= 0.3 is 0 Å². The van der Waals surface area contributed by atoms with Gasteiger partial charge in [-0.25, -0.2) is 0 Å². The molecule has 25 heavy (non-hydrogen) atoms. The molecule has 4 rings (SSSR count). The molecular weight excluding hydrogens is 314 g/mol. The van der Waals surface area contributed by atoms with Gasteiger partial charge in [0, 0.05) is 31.2 Å². The molecule has 0 bridgehead atoms. The van der Waals surface area contributed by atoms with E-state index in [1.54, 1.807) is 0 Å². The molecule has 0 saturated carbocycles. The number of rotatable bonds is 2. The minimum Gasteiger partial charge on any atom is -0.484 e. The lowest BCUT2D eigenvalue weighted by Gasteiger charge is -2.30. The third-order valence-corrected chi connectivity index (χ3v) is 5.04. The zero-order valence-electron chi connectivity index (χ0n) is 14.3. The van der Waals surface area contributed by atoms with Gasteiger partial charge < -0.3 is 14.4 Å². The Morgan fingerprint density at radius 3 is 2.48 bits per heavy atom. The van der Waals surface area contributed by atoms with Gasteiger partial charge in [-0.15, -0.1) is 0 Å². The van der Waals surface area contributed by atoms with Gasteiger partial charge in [-0.2, -0.15) is 0 Å². The zero-order valence-corrected chi connectivity index (χ0v) is 14.3. The predicted molar refractivity (Wildman–Crippen MR) is 95.2 cm³/mol. The maximum atomic E-state index is 13.1. The Hall–Kier alpha value is -2.33. The second-order valence-corrected chi connectivity index (χ2v) is 6.73. The lowest BCUT2D eigenvalue weighted by molar-refractivity contribution is -0.140. The smallest absolute Gasteiger partial charge is 0.226 e. The summed E-state index contributed by atoms with van der Waals surface area (Å²) >= 11 is 0. The van der Waals surface area contributed by atoms with E-state index in [2.05, 4.69) is 12.1 Å². The first-order valence-corrected chi connectivity index (χ1v) is 8.97.